The van der Waals surface area contributed by atoms with Gasteiger partial charge in [-0.1, -0.05) is 60.2 Å². The molecular weight excluding hydrogens is 436 g/mol. The van der Waals surface area contributed by atoms with E-state index in [2.05, 4.69) is 83.4 Å². The number of nitrogens with one attached hydrogen (secondary N) is 1. The first kappa shape index (κ1) is 24.4. The molecule has 4 aromatic rings. The molecule has 35 heavy (non-hydrogen) atoms. The van der Waals surface area contributed by atoms with Crippen LogP contribution in [-0.2, 0) is 19.5 Å². The number of aromatic nitrogens is 2. The first-order valence-corrected chi connectivity index (χ1v) is 12.0. The summed E-state index contributed by atoms with van der Waals surface area (Å²) in [5, 5.41) is 2.90. The largest absolute Gasteiger partial charge is 0.447 e. The van der Waals surface area contributed by atoms with Crippen molar-refractivity contribution >= 4 is 5.91 Å². The lowest BCUT2D eigenvalue weighted by molar-refractivity contribution is 0.0949. The minimum atomic E-state index is -0.242. The number of oxazole rings is 1. The summed E-state index contributed by atoms with van der Waals surface area (Å²) >= 11 is 0. The molecule has 1 amide bonds. The number of benzene rings is 2. The molecule has 0 spiro atoms. The fourth-order valence-corrected chi connectivity index (χ4v) is 4.06. The monoisotopic (exact) mass is 468 g/mol. The van der Waals surface area contributed by atoms with Gasteiger partial charge < -0.3 is 9.73 Å². The van der Waals surface area contributed by atoms with Gasteiger partial charge in [-0.3, -0.25) is 14.7 Å². The van der Waals surface area contributed by atoms with Crippen molar-refractivity contribution in [1.82, 2.24) is 20.2 Å². The lowest BCUT2D eigenvalue weighted by atomic mass is 10.0. The highest BCUT2D eigenvalue weighted by atomic mass is 16.3. The molecule has 0 aliphatic heterocycles. The maximum atomic E-state index is 12.6. The van der Waals surface area contributed by atoms with E-state index in [0.29, 0.717) is 31.1 Å². The normalized spacial score (nSPS) is 12.0. The van der Waals surface area contributed by atoms with Gasteiger partial charge in [-0.15, -0.1) is 0 Å². The molecule has 0 radical (unpaired) electrons. The standard InChI is InChI=1S/C29H32N4O2/c1-21-12-13-22(2)25(17-21)18-33(23(3)24-9-5-4-6-10-24)19-28-32-27(20-35-28)29(34)31-16-14-26-11-7-8-15-30-26/h4-13,15,17,20,23H,14,16,18-19H2,1-3H3,(H,31,34). The molecule has 1 N–H and O–H groups in total. The van der Waals surface area contributed by atoms with E-state index in [1.807, 2.05) is 24.3 Å². The quantitative estimate of drug-likeness (QED) is 0.336. The van der Waals surface area contributed by atoms with Gasteiger partial charge in [0.1, 0.15) is 6.26 Å². The number of aryl methyl sites for hydroxylation is 2. The highest BCUT2D eigenvalue weighted by molar-refractivity contribution is 5.91. The Morgan fingerprint density at radius 1 is 1.03 bits per heavy atom. The van der Waals surface area contributed by atoms with Gasteiger partial charge >= 0.3 is 0 Å². The van der Waals surface area contributed by atoms with Crippen molar-refractivity contribution in [2.24, 2.45) is 0 Å². The molecule has 180 valence electrons. The number of nitrogens with zero attached hydrogens (tertiary/aromatic N) is 3. The van der Waals surface area contributed by atoms with E-state index in [4.69, 9.17) is 4.42 Å². The molecule has 0 bridgehead atoms. The highest BCUT2D eigenvalue weighted by Crippen LogP contribution is 2.26. The molecule has 0 aliphatic carbocycles. The van der Waals surface area contributed by atoms with Crippen LogP contribution in [0.5, 0.6) is 0 Å². The van der Waals surface area contributed by atoms with Gasteiger partial charge in [0.05, 0.1) is 6.54 Å². The van der Waals surface area contributed by atoms with Crippen molar-refractivity contribution in [2.75, 3.05) is 6.54 Å². The SMILES string of the molecule is Cc1ccc(C)c(CN(Cc2nc(C(=O)NCCc3ccccn3)co2)C(C)c2ccccc2)c1. The maximum absolute atomic E-state index is 12.6. The van der Waals surface area contributed by atoms with Crippen LogP contribution in [-0.4, -0.2) is 27.3 Å². The van der Waals surface area contributed by atoms with Crippen LogP contribution in [0.1, 0.15) is 57.3 Å². The second-order valence-corrected chi connectivity index (χ2v) is 8.88. The van der Waals surface area contributed by atoms with Gasteiger partial charge in [0.15, 0.2) is 5.69 Å². The van der Waals surface area contributed by atoms with Crippen molar-refractivity contribution in [1.29, 1.82) is 0 Å². The minimum absolute atomic E-state index is 0.138. The Balaban J connectivity index is 1.45. The van der Waals surface area contributed by atoms with Crippen LogP contribution in [0.4, 0.5) is 0 Å². The summed E-state index contributed by atoms with van der Waals surface area (Å²) in [7, 11) is 0. The molecule has 0 fully saturated rings. The number of carbonyl (C=O) groups excluding carboxylic acids is 1. The average Bonchev–Trinajstić information content (AvgIpc) is 3.35. The van der Waals surface area contributed by atoms with Crippen molar-refractivity contribution < 1.29 is 9.21 Å². The van der Waals surface area contributed by atoms with Crippen LogP contribution in [0.15, 0.2) is 83.6 Å². The summed E-state index contributed by atoms with van der Waals surface area (Å²) < 4.78 is 5.73. The van der Waals surface area contributed by atoms with Gasteiger partial charge in [0.2, 0.25) is 5.89 Å². The van der Waals surface area contributed by atoms with E-state index in [1.54, 1.807) is 6.20 Å². The summed E-state index contributed by atoms with van der Waals surface area (Å²) in [4.78, 5) is 23.7. The third-order valence-corrected chi connectivity index (χ3v) is 6.22. The summed E-state index contributed by atoms with van der Waals surface area (Å²) in [6.45, 7) is 8.16. The number of pyridine rings is 1. The predicted octanol–water partition coefficient (Wildman–Crippen LogP) is 5.42. The fourth-order valence-electron chi connectivity index (χ4n) is 4.06. The number of rotatable bonds is 10. The Labute approximate surface area is 207 Å². The third kappa shape index (κ3) is 6.64. The summed E-state index contributed by atoms with van der Waals surface area (Å²) in [6.07, 6.45) is 3.85. The van der Waals surface area contributed by atoms with Gasteiger partial charge in [-0.2, -0.15) is 0 Å². The van der Waals surface area contributed by atoms with Crippen molar-refractivity contribution in [3.63, 3.8) is 0 Å². The van der Waals surface area contributed by atoms with Crippen molar-refractivity contribution in [3.05, 3.63) is 119 Å². The summed E-state index contributed by atoms with van der Waals surface area (Å²) in [5.41, 5.74) is 6.20. The van der Waals surface area contributed by atoms with Gasteiger partial charge in [-0.25, -0.2) is 4.98 Å². The molecular formula is C29H32N4O2. The summed E-state index contributed by atoms with van der Waals surface area (Å²) in [6, 6.07) is 22.8. The van der Waals surface area contributed by atoms with Gasteiger partial charge in [-0.05, 0) is 49.6 Å². The first-order chi connectivity index (χ1) is 17.0. The van der Waals surface area contributed by atoms with E-state index in [-0.39, 0.29) is 11.9 Å². The molecule has 1 atom stereocenters. The minimum Gasteiger partial charge on any atom is -0.447 e. The Hall–Kier alpha value is -3.77. The molecule has 2 aromatic carbocycles. The van der Waals surface area contributed by atoms with Gasteiger partial charge in [0.25, 0.3) is 5.91 Å². The molecule has 2 aromatic heterocycles. The van der Waals surface area contributed by atoms with Crippen LogP contribution < -0.4 is 5.32 Å². The van der Waals surface area contributed by atoms with Crippen molar-refractivity contribution in [2.45, 2.75) is 46.3 Å². The zero-order chi connectivity index (χ0) is 24.6. The highest BCUT2D eigenvalue weighted by Gasteiger charge is 2.21. The molecule has 6 nitrogen and oxygen atoms in total. The van der Waals surface area contributed by atoms with Crippen LogP contribution >= 0.6 is 0 Å². The second kappa shape index (κ2) is 11.6. The van der Waals surface area contributed by atoms with Gasteiger partial charge in [0, 0.05) is 37.4 Å². The number of hydrogen-bond acceptors (Lipinski definition) is 5. The molecule has 0 saturated heterocycles. The molecule has 2 heterocycles. The Morgan fingerprint density at radius 2 is 1.83 bits per heavy atom. The Bertz CT molecular complexity index is 1240. The molecule has 6 heteroatoms. The predicted molar refractivity (Wildman–Crippen MR) is 137 cm³/mol. The zero-order valence-electron chi connectivity index (χ0n) is 20.6. The molecule has 1 unspecified atom stereocenters. The number of amides is 1. The van der Waals surface area contributed by atoms with Crippen molar-refractivity contribution in [3.8, 4) is 0 Å². The number of hydrogen-bond donors (Lipinski definition) is 1. The van der Waals surface area contributed by atoms with Crippen LogP contribution in [0.3, 0.4) is 0 Å². The maximum Gasteiger partial charge on any atom is 0.273 e. The second-order valence-electron chi connectivity index (χ2n) is 8.88. The summed E-state index contributed by atoms with van der Waals surface area (Å²) in [5.74, 6) is 0.279. The van der Waals surface area contributed by atoms with E-state index in [0.717, 1.165) is 12.2 Å². The van der Waals surface area contributed by atoms with E-state index in [1.165, 1.54) is 28.5 Å². The Kier molecular flexibility index (Phi) is 8.06. The van der Waals surface area contributed by atoms with Crippen LogP contribution in [0.2, 0.25) is 0 Å². The zero-order valence-corrected chi connectivity index (χ0v) is 20.6. The van der Waals surface area contributed by atoms with Crippen LogP contribution in [0.25, 0.3) is 0 Å². The first-order valence-electron chi connectivity index (χ1n) is 12.0. The topological polar surface area (TPSA) is 71.3 Å². The molecule has 4 rings (SSSR count). The smallest absolute Gasteiger partial charge is 0.273 e. The molecule has 0 aliphatic rings. The fraction of sp³-hybridized carbons (Fsp3) is 0.276. The van der Waals surface area contributed by atoms with E-state index < -0.39 is 0 Å². The van der Waals surface area contributed by atoms with E-state index >= 15 is 0 Å². The third-order valence-electron chi connectivity index (χ3n) is 6.22. The van der Waals surface area contributed by atoms with Crippen LogP contribution in [0, 0.1) is 13.8 Å². The number of carbonyl (C=O) groups is 1. The Morgan fingerprint density at radius 3 is 2.60 bits per heavy atom. The molecule has 0 saturated carbocycles. The lowest BCUT2D eigenvalue weighted by Crippen LogP contribution is -2.28. The average molecular weight is 469 g/mol. The lowest BCUT2D eigenvalue weighted by Gasteiger charge is -2.29. The van der Waals surface area contributed by atoms with E-state index in [9.17, 15) is 4.79 Å².